The highest BCUT2D eigenvalue weighted by molar-refractivity contribution is 5.85. The molecule has 8 nitrogen and oxygen atoms in total. The van der Waals surface area contributed by atoms with Gasteiger partial charge in [-0.1, -0.05) is 0 Å². The Morgan fingerprint density at radius 3 is 2.46 bits per heavy atom. The highest BCUT2D eigenvalue weighted by atomic mass is 19.1. The molecule has 0 bridgehead atoms. The number of hydroxylamine groups is 1. The van der Waals surface area contributed by atoms with Crippen molar-refractivity contribution < 1.29 is 14.0 Å². The molecule has 1 unspecified atom stereocenters. The molecule has 1 aromatic carbocycles. The van der Waals surface area contributed by atoms with Crippen LogP contribution in [0, 0.1) is 18.2 Å². The van der Waals surface area contributed by atoms with Crippen molar-refractivity contribution in [2.75, 3.05) is 0 Å². The van der Waals surface area contributed by atoms with Crippen LogP contribution in [0.15, 0.2) is 21.7 Å². The van der Waals surface area contributed by atoms with Crippen LogP contribution in [0.1, 0.15) is 30.7 Å². The van der Waals surface area contributed by atoms with Gasteiger partial charge >= 0.3 is 11.4 Å². The van der Waals surface area contributed by atoms with E-state index in [0.717, 1.165) is 23.5 Å². The molecule has 2 aliphatic heterocycles. The Kier molecular flexibility index (Phi) is 3.68. The summed E-state index contributed by atoms with van der Waals surface area (Å²) in [7, 11) is 0. The molecular weight excluding hydrogens is 343 g/mol. The van der Waals surface area contributed by atoms with Crippen LogP contribution >= 0.6 is 0 Å². The van der Waals surface area contributed by atoms with Crippen molar-refractivity contribution in [2.45, 2.75) is 38.3 Å². The van der Waals surface area contributed by atoms with Crippen molar-refractivity contribution in [3.05, 3.63) is 44.5 Å². The fourth-order valence-corrected chi connectivity index (χ4v) is 3.41. The zero-order valence-corrected chi connectivity index (χ0v) is 13.7. The monoisotopic (exact) mass is 358 g/mol. The third-order valence-electron chi connectivity index (χ3n) is 4.70. The van der Waals surface area contributed by atoms with Crippen molar-refractivity contribution in [2.24, 2.45) is 0 Å². The van der Waals surface area contributed by atoms with Gasteiger partial charge in [0, 0.05) is 31.1 Å². The first kappa shape index (κ1) is 16.2. The summed E-state index contributed by atoms with van der Waals surface area (Å²) in [4.78, 5) is 42.3. The van der Waals surface area contributed by atoms with Crippen molar-refractivity contribution in [1.29, 1.82) is 0 Å². The predicted octanol–water partition coefficient (Wildman–Crippen LogP) is 0.264. The summed E-state index contributed by atoms with van der Waals surface area (Å²) in [6.45, 7) is 0.803. The molecule has 2 aromatic rings. The summed E-state index contributed by atoms with van der Waals surface area (Å²) in [5.41, 5.74) is 1.09. The molecule has 0 spiro atoms. The van der Waals surface area contributed by atoms with Crippen molar-refractivity contribution in [1.82, 2.24) is 19.4 Å². The van der Waals surface area contributed by atoms with Gasteiger partial charge in [0.25, 0.3) is 5.91 Å². The molecule has 1 amide bonds. The number of halogens is 1. The standard InChI is InChI=1S/C17H15FN4O4/c1-2-5-10-11-8-13(12(18)9-14(11)26-19-15(10)23)22-16(24)20-6-3-4-7-21(20)17(22)25/h1,8-10H,3-7H2,(H,19,23). The van der Waals surface area contributed by atoms with Crippen LogP contribution in [0.4, 0.5) is 4.39 Å². The Morgan fingerprint density at radius 2 is 1.85 bits per heavy atom. The van der Waals surface area contributed by atoms with E-state index in [4.69, 9.17) is 11.3 Å². The summed E-state index contributed by atoms with van der Waals surface area (Å²) in [6, 6.07) is 2.33. The molecule has 0 radical (unpaired) electrons. The number of nitrogens with one attached hydrogen (secondary N) is 1. The van der Waals surface area contributed by atoms with Gasteiger partial charge in [-0.2, -0.15) is 5.48 Å². The SMILES string of the molecule is C#CCC1C(=O)NOc2cc(F)c(-n3c(=O)n4n(c3=O)CCCC4)cc21. The maximum Gasteiger partial charge on any atom is 0.351 e. The number of amides is 1. The van der Waals surface area contributed by atoms with Crippen molar-refractivity contribution >= 4 is 5.91 Å². The Labute approximate surface area is 146 Å². The van der Waals surface area contributed by atoms with E-state index in [9.17, 15) is 18.8 Å². The smallest absolute Gasteiger partial charge is 0.351 e. The number of terminal acetylenes is 1. The lowest BCUT2D eigenvalue weighted by molar-refractivity contribution is -0.130. The summed E-state index contributed by atoms with van der Waals surface area (Å²) >= 11 is 0. The fraction of sp³-hybridized carbons (Fsp3) is 0.353. The average molecular weight is 358 g/mol. The number of benzene rings is 1. The lowest BCUT2D eigenvalue weighted by Gasteiger charge is -2.24. The molecule has 26 heavy (non-hydrogen) atoms. The number of carbonyl (C=O) groups is 1. The van der Waals surface area contributed by atoms with Crippen LogP contribution in [-0.4, -0.2) is 19.8 Å². The third-order valence-corrected chi connectivity index (χ3v) is 4.70. The van der Waals surface area contributed by atoms with Gasteiger partial charge in [-0.15, -0.1) is 12.3 Å². The molecule has 0 aliphatic carbocycles. The van der Waals surface area contributed by atoms with Crippen LogP contribution in [0.5, 0.6) is 5.75 Å². The second kappa shape index (κ2) is 5.91. The highest BCUT2D eigenvalue weighted by Gasteiger charge is 2.31. The molecule has 4 rings (SSSR count). The Hall–Kier alpha value is -3.28. The van der Waals surface area contributed by atoms with E-state index >= 15 is 0 Å². The van der Waals surface area contributed by atoms with Crippen LogP contribution < -0.4 is 21.7 Å². The van der Waals surface area contributed by atoms with E-state index in [2.05, 4.69) is 11.4 Å². The van der Waals surface area contributed by atoms with E-state index < -0.39 is 29.0 Å². The second-order valence-electron chi connectivity index (χ2n) is 6.22. The quantitative estimate of drug-likeness (QED) is 0.781. The molecule has 0 saturated heterocycles. The normalized spacial score (nSPS) is 18.3. The Morgan fingerprint density at radius 1 is 1.19 bits per heavy atom. The van der Waals surface area contributed by atoms with E-state index in [0.29, 0.717) is 18.7 Å². The van der Waals surface area contributed by atoms with E-state index in [1.807, 2.05) is 0 Å². The zero-order valence-electron chi connectivity index (χ0n) is 13.7. The van der Waals surface area contributed by atoms with E-state index in [1.54, 1.807) is 0 Å². The molecule has 3 heterocycles. The fourth-order valence-electron chi connectivity index (χ4n) is 3.41. The first-order chi connectivity index (χ1) is 12.5. The highest BCUT2D eigenvalue weighted by Crippen LogP contribution is 2.34. The number of fused-ring (bicyclic) bond motifs is 2. The summed E-state index contributed by atoms with van der Waals surface area (Å²) in [6.07, 6.45) is 6.94. The first-order valence-corrected chi connectivity index (χ1v) is 8.19. The summed E-state index contributed by atoms with van der Waals surface area (Å²) in [5.74, 6) is 0.477. The first-order valence-electron chi connectivity index (χ1n) is 8.19. The number of aromatic nitrogens is 3. The largest absolute Gasteiger partial charge is 0.379 e. The zero-order chi connectivity index (χ0) is 18.4. The summed E-state index contributed by atoms with van der Waals surface area (Å²) in [5, 5.41) is 0. The lowest BCUT2D eigenvalue weighted by atomic mass is 9.93. The van der Waals surface area contributed by atoms with Gasteiger partial charge in [-0.25, -0.2) is 27.9 Å². The van der Waals surface area contributed by atoms with E-state index in [1.165, 1.54) is 15.4 Å². The molecule has 1 N–H and O–H groups in total. The van der Waals surface area contributed by atoms with Crippen LogP contribution in [0.25, 0.3) is 5.69 Å². The third kappa shape index (κ3) is 2.26. The topological polar surface area (TPSA) is 87.3 Å². The number of nitrogens with zero attached hydrogens (tertiary/aromatic N) is 3. The molecule has 0 saturated carbocycles. The van der Waals surface area contributed by atoms with Crippen molar-refractivity contribution in [3.63, 3.8) is 0 Å². The van der Waals surface area contributed by atoms with Crippen molar-refractivity contribution in [3.8, 4) is 23.8 Å². The Bertz CT molecular complexity index is 1030. The van der Waals surface area contributed by atoms with Crippen LogP contribution in [0.3, 0.4) is 0 Å². The summed E-state index contributed by atoms with van der Waals surface area (Å²) < 4.78 is 18.1. The maximum atomic E-state index is 14.6. The van der Waals surface area contributed by atoms with Crippen LogP contribution in [-0.2, 0) is 17.9 Å². The van der Waals surface area contributed by atoms with Gasteiger partial charge in [-0.05, 0) is 18.9 Å². The maximum absolute atomic E-state index is 14.6. The van der Waals surface area contributed by atoms with Crippen LogP contribution in [0.2, 0.25) is 0 Å². The molecule has 1 aromatic heterocycles. The number of carbonyl (C=O) groups excluding carboxylic acids is 1. The molecule has 9 heteroatoms. The van der Waals surface area contributed by atoms with Gasteiger partial charge in [0.1, 0.15) is 0 Å². The van der Waals surface area contributed by atoms with Gasteiger partial charge < -0.3 is 4.84 Å². The lowest BCUT2D eigenvalue weighted by Crippen LogP contribution is -2.37. The van der Waals surface area contributed by atoms with Gasteiger partial charge in [0.15, 0.2) is 11.6 Å². The minimum absolute atomic E-state index is 0.0768. The van der Waals surface area contributed by atoms with Gasteiger partial charge in [0.05, 0.1) is 11.6 Å². The average Bonchev–Trinajstić information content (AvgIpc) is 2.89. The minimum Gasteiger partial charge on any atom is -0.379 e. The molecular formula is C17H15FN4O4. The second-order valence-corrected chi connectivity index (χ2v) is 6.22. The minimum atomic E-state index is -0.804. The predicted molar refractivity (Wildman–Crippen MR) is 88.4 cm³/mol. The Balaban J connectivity index is 1.94. The molecule has 0 fully saturated rings. The number of hydrogen-bond acceptors (Lipinski definition) is 4. The van der Waals surface area contributed by atoms with Gasteiger partial charge in [0.2, 0.25) is 0 Å². The molecule has 2 aliphatic rings. The van der Waals surface area contributed by atoms with E-state index in [-0.39, 0.29) is 17.9 Å². The molecule has 1 atom stereocenters. The molecule has 134 valence electrons. The van der Waals surface area contributed by atoms with Gasteiger partial charge in [-0.3, -0.25) is 4.79 Å². The number of rotatable bonds is 2. The number of hydrogen-bond donors (Lipinski definition) is 1.